The topological polar surface area (TPSA) is 42.0 Å². The van der Waals surface area contributed by atoms with Gasteiger partial charge in [-0.3, -0.25) is 0 Å². The summed E-state index contributed by atoms with van der Waals surface area (Å²) in [6, 6.07) is 21.4. The van der Waals surface area contributed by atoms with Gasteiger partial charge >= 0.3 is 0 Å². The molecule has 2 atom stereocenters. The molecule has 1 N–H and O–H groups in total. The standard InChI is InChI=1S/C23H30O3Si/c1-23(2,3)27(19-11-6-4-7-12-19,20-13-8-5-9-14-20)25-18-16-22-21(26-22)15-10-17-24/h4-15,21-22,24H,16-18H2,1-3H3/b15-10-. The van der Waals surface area contributed by atoms with Gasteiger partial charge in [-0.25, -0.2) is 0 Å². The summed E-state index contributed by atoms with van der Waals surface area (Å²) in [4.78, 5) is 0. The highest BCUT2D eigenvalue weighted by molar-refractivity contribution is 6.99. The van der Waals surface area contributed by atoms with Crippen LogP contribution in [0.5, 0.6) is 0 Å². The zero-order valence-electron chi connectivity index (χ0n) is 16.5. The van der Waals surface area contributed by atoms with Crippen LogP contribution in [0.15, 0.2) is 72.8 Å². The predicted octanol–water partition coefficient (Wildman–Crippen LogP) is 3.27. The second-order valence-electron chi connectivity index (χ2n) is 8.05. The van der Waals surface area contributed by atoms with Gasteiger partial charge in [0.15, 0.2) is 0 Å². The molecule has 0 radical (unpaired) electrons. The minimum Gasteiger partial charge on any atom is -0.407 e. The van der Waals surface area contributed by atoms with Crippen LogP contribution in [-0.4, -0.2) is 38.8 Å². The SMILES string of the molecule is CC(C)(C)[Si](OCCC1OC1/C=C\CO)(c1ccccc1)c1ccccc1. The van der Waals surface area contributed by atoms with Gasteiger partial charge in [-0.1, -0.05) is 93.6 Å². The number of aliphatic hydroxyl groups is 1. The predicted molar refractivity (Wildman–Crippen MR) is 113 cm³/mol. The molecule has 2 aromatic carbocycles. The first kappa shape index (κ1) is 20.0. The molecular weight excluding hydrogens is 352 g/mol. The first-order chi connectivity index (χ1) is 13.0. The smallest absolute Gasteiger partial charge is 0.261 e. The lowest BCUT2D eigenvalue weighted by Gasteiger charge is -2.43. The Labute approximate surface area is 163 Å². The summed E-state index contributed by atoms with van der Waals surface area (Å²) in [6.45, 7) is 7.60. The summed E-state index contributed by atoms with van der Waals surface area (Å²) in [5.74, 6) is 0. The first-order valence-electron chi connectivity index (χ1n) is 9.67. The minimum atomic E-state index is -2.45. The molecule has 1 heterocycles. The van der Waals surface area contributed by atoms with E-state index in [9.17, 15) is 0 Å². The molecule has 0 aromatic heterocycles. The Balaban J connectivity index is 1.85. The fourth-order valence-electron chi connectivity index (χ4n) is 3.84. The van der Waals surface area contributed by atoms with E-state index in [1.807, 2.05) is 6.08 Å². The molecule has 1 fully saturated rings. The Bertz CT molecular complexity index is 698. The van der Waals surface area contributed by atoms with Crippen LogP contribution in [0.25, 0.3) is 0 Å². The molecule has 1 aliphatic heterocycles. The lowest BCUT2D eigenvalue weighted by Crippen LogP contribution is -2.66. The van der Waals surface area contributed by atoms with E-state index in [1.54, 1.807) is 6.08 Å². The van der Waals surface area contributed by atoms with E-state index in [2.05, 4.69) is 81.4 Å². The lowest BCUT2D eigenvalue weighted by molar-refractivity contribution is 0.268. The van der Waals surface area contributed by atoms with Gasteiger partial charge in [0.05, 0.1) is 12.7 Å². The highest BCUT2D eigenvalue weighted by atomic mass is 28.4. The third-order valence-corrected chi connectivity index (χ3v) is 10.2. The number of benzene rings is 2. The van der Waals surface area contributed by atoms with Crippen LogP contribution in [0.1, 0.15) is 27.2 Å². The maximum absolute atomic E-state index is 8.89. The van der Waals surface area contributed by atoms with E-state index < -0.39 is 8.32 Å². The summed E-state index contributed by atoms with van der Waals surface area (Å²) >= 11 is 0. The van der Waals surface area contributed by atoms with Gasteiger partial charge in [0.2, 0.25) is 0 Å². The molecular formula is C23H30O3Si. The maximum atomic E-state index is 8.89. The van der Waals surface area contributed by atoms with Crippen LogP contribution in [0.2, 0.25) is 5.04 Å². The summed E-state index contributed by atoms with van der Waals surface area (Å²) in [7, 11) is -2.45. The average molecular weight is 383 g/mol. The molecule has 4 heteroatoms. The Morgan fingerprint density at radius 3 is 2.04 bits per heavy atom. The molecule has 0 bridgehead atoms. The van der Waals surface area contributed by atoms with Gasteiger partial charge in [0.1, 0.15) is 6.10 Å². The number of rotatable bonds is 8. The quantitative estimate of drug-likeness (QED) is 0.433. The third-order valence-electron chi connectivity index (χ3n) is 5.19. The molecule has 3 rings (SSSR count). The molecule has 144 valence electrons. The molecule has 0 spiro atoms. The maximum Gasteiger partial charge on any atom is 0.261 e. The molecule has 27 heavy (non-hydrogen) atoms. The van der Waals surface area contributed by atoms with Crippen LogP contribution < -0.4 is 10.4 Å². The summed E-state index contributed by atoms with van der Waals surface area (Å²) in [5.41, 5.74) is 0. The van der Waals surface area contributed by atoms with E-state index in [-0.39, 0.29) is 23.9 Å². The minimum absolute atomic E-state index is 0.00366. The van der Waals surface area contributed by atoms with Crippen molar-refractivity contribution in [2.45, 2.75) is 44.4 Å². The molecule has 3 nitrogen and oxygen atoms in total. The van der Waals surface area contributed by atoms with Gasteiger partial charge in [0, 0.05) is 6.61 Å². The van der Waals surface area contributed by atoms with Crippen molar-refractivity contribution < 1.29 is 14.3 Å². The van der Waals surface area contributed by atoms with Crippen LogP contribution in [0.3, 0.4) is 0 Å². The fourth-order valence-corrected chi connectivity index (χ4v) is 8.42. The molecule has 2 unspecified atom stereocenters. The van der Waals surface area contributed by atoms with E-state index in [4.69, 9.17) is 14.3 Å². The zero-order chi connectivity index (χ0) is 19.3. The van der Waals surface area contributed by atoms with Crippen molar-refractivity contribution in [2.75, 3.05) is 13.2 Å². The van der Waals surface area contributed by atoms with Crippen molar-refractivity contribution in [3.05, 3.63) is 72.8 Å². The van der Waals surface area contributed by atoms with Gasteiger partial charge in [-0.2, -0.15) is 0 Å². The van der Waals surface area contributed by atoms with Crippen molar-refractivity contribution in [2.24, 2.45) is 0 Å². The van der Waals surface area contributed by atoms with E-state index in [0.717, 1.165) is 6.42 Å². The third kappa shape index (κ3) is 4.41. The molecule has 1 aliphatic rings. The van der Waals surface area contributed by atoms with Crippen molar-refractivity contribution in [1.82, 2.24) is 0 Å². The monoisotopic (exact) mass is 382 g/mol. The van der Waals surface area contributed by atoms with Gasteiger partial charge in [-0.05, 0) is 21.8 Å². The number of hydrogen-bond donors (Lipinski definition) is 1. The Hall–Kier alpha value is -1.72. The molecule has 2 aromatic rings. The molecule has 0 amide bonds. The van der Waals surface area contributed by atoms with Gasteiger partial charge in [0.25, 0.3) is 8.32 Å². The van der Waals surface area contributed by atoms with E-state index >= 15 is 0 Å². The first-order valence-corrected chi connectivity index (χ1v) is 11.6. The normalized spacial score (nSPS) is 20.1. The summed E-state index contributed by atoms with van der Waals surface area (Å²) in [6.07, 6.45) is 4.87. The van der Waals surface area contributed by atoms with E-state index in [0.29, 0.717) is 6.61 Å². The zero-order valence-corrected chi connectivity index (χ0v) is 17.5. The fraction of sp³-hybridized carbons (Fsp3) is 0.391. The Kier molecular flexibility index (Phi) is 6.32. The van der Waals surface area contributed by atoms with Crippen molar-refractivity contribution >= 4 is 18.7 Å². The Morgan fingerprint density at radius 1 is 1.00 bits per heavy atom. The molecule has 1 saturated heterocycles. The van der Waals surface area contributed by atoms with Crippen LogP contribution in [0, 0.1) is 0 Å². The second-order valence-corrected chi connectivity index (χ2v) is 12.4. The highest BCUT2D eigenvalue weighted by Gasteiger charge is 2.50. The summed E-state index contributed by atoms with van der Waals surface area (Å²) in [5, 5.41) is 11.5. The molecule has 0 aliphatic carbocycles. The van der Waals surface area contributed by atoms with Gasteiger partial charge in [-0.15, -0.1) is 0 Å². The van der Waals surface area contributed by atoms with Crippen molar-refractivity contribution in [3.8, 4) is 0 Å². The van der Waals surface area contributed by atoms with Crippen LogP contribution in [0.4, 0.5) is 0 Å². The average Bonchev–Trinajstić information content (AvgIpc) is 3.42. The number of hydrogen-bond acceptors (Lipinski definition) is 3. The van der Waals surface area contributed by atoms with E-state index in [1.165, 1.54) is 10.4 Å². The number of epoxide rings is 1. The van der Waals surface area contributed by atoms with Crippen molar-refractivity contribution in [1.29, 1.82) is 0 Å². The largest absolute Gasteiger partial charge is 0.407 e. The molecule has 0 saturated carbocycles. The van der Waals surface area contributed by atoms with Crippen LogP contribution >= 0.6 is 0 Å². The van der Waals surface area contributed by atoms with Crippen molar-refractivity contribution in [3.63, 3.8) is 0 Å². The van der Waals surface area contributed by atoms with Gasteiger partial charge < -0.3 is 14.3 Å². The Morgan fingerprint density at radius 2 is 1.56 bits per heavy atom. The lowest BCUT2D eigenvalue weighted by atomic mass is 10.2. The van der Waals surface area contributed by atoms with Crippen LogP contribution in [-0.2, 0) is 9.16 Å². The number of aliphatic hydroxyl groups excluding tert-OH is 1. The number of ether oxygens (including phenoxy) is 1. The highest BCUT2D eigenvalue weighted by Crippen LogP contribution is 2.37. The summed E-state index contributed by atoms with van der Waals surface area (Å²) < 4.78 is 12.5. The second kappa shape index (κ2) is 8.53.